The number of hydrogen-bond acceptors (Lipinski definition) is 4. The number of aryl methyl sites for hydroxylation is 1. The molecule has 7 nitrogen and oxygen atoms in total. The summed E-state index contributed by atoms with van der Waals surface area (Å²) in [6, 6.07) is 10.7. The third-order valence-corrected chi connectivity index (χ3v) is 4.42. The molecule has 0 aliphatic heterocycles. The molecule has 0 spiro atoms. The van der Waals surface area contributed by atoms with Crippen molar-refractivity contribution >= 4 is 33.4 Å². The molecule has 3 rings (SSSR count). The Morgan fingerprint density at radius 2 is 2.07 bits per heavy atom. The molecule has 0 radical (unpaired) electrons. The zero-order valence-electron chi connectivity index (χ0n) is 14.9. The average molecular weight is 428 g/mol. The van der Waals surface area contributed by atoms with Crippen LogP contribution in [-0.4, -0.2) is 45.1 Å². The maximum atomic E-state index is 12.5. The number of nitrogens with one attached hydrogen (secondary N) is 1. The van der Waals surface area contributed by atoms with Crippen molar-refractivity contribution in [1.29, 1.82) is 0 Å². The average Bonchev–Trinajstić information content (AvgIpc) is 3.18. The van der Waals surface area contributed by atoms with Gasteiger partial charge in [-0.05, 0) is 48.9 Å². The van der Waals surface area contributed by atoms with Gasteiger partial charge in [-0.1, -0.05) is 15.9 Å². The van der Waals surface area contributed by atoms with Gasteiger partial charge in [-0.3, -0.25) is 9.59 Å². The van der Waals surface area contributed by atoms with Crippen molar-refractivity contribution in [3.8, 4) is 5.82 Å². The number of pyridine rings is 1. The number of rotatable bonds is 5. The van der Waals surface area contributed by atoms with Crippen LogP contribution in [0.3, 0.4) is 0 Å². The van der Waals surface area contributed by atoms with E-state index in [0.717, 1.165) is 10.0 Å². The molecule has 2 aromatic heterocycles. The summed E-state index contributed by atoms with van der Waals surface area (Å²) in [7, 11) is 1.58. The molecule has 0 atom stereocenters. The lowest BCUT2D eigenvalue weighted by molar-refractivity contribution is -0.116. The predicted molar refractivity (Wildman–Crippen MR) is 106 cm³/mol. The van der Waals surface area contributed by atoms with Gasteiger partial charge in [-0.25, -0.2) is 9.67 Å². The number of anilines is 1. The molecule has 0 aliphatic carbocycles. The van der Waals surface area contributed by atoms with E-state index in [1.54, 1.807) is 42.3 Å². The molecular weight excluding hydrogens is 410 g/mol. The lowest BCUT2D eigenvalue weighted by Gasteiger charge is -2.17. The third-order valence-electron chi connectivity index (χ3n) is 3.92. The molecule has 8 heteroatoms. The number of aromatic nitrogens is 3. The molecule has 1 aromatic carbocycles. The van der Waals surface area contributed by atoms with Gasteiger partial charge in [0.1, 0.15) is 0 Å². The van der Waals surface area contributed by atoms with E-state index < -0.39 is 0 Å². The molecule has 3 aromatic rings. The number of nitrogens with zero attached hydrogens (tertiary/aromatic N) is 4. The molecule has 0 bridgehead atoms. The Labute approximate surface area is 165 Å². The smallest absolute Gasteiger partial charge is 0.255 e. The van der Waals surface area contributed by atoms with Crippen molar-refractivity contribution in [2.24, 2.45) is 0 Å². The topological polar surface area (TPSA) is 80.1 Å². The van der Waals surface area contributed by atoms with Crippen LogP contribution in [0.1, 0.15) is 15.9 Å². The van der Waals surface area contributed by atoms with Crippen LogP contribution in [0.5, 0.6) is 0 Å². The number of carbonyl (C=O) groups excluding carboxylic acids is 2. The summed E-state index contributed by atoms with van der Waals surface area (Å²) in [5, 5.41) is 6.91. The predicted octanol–water partition coefficient (Wildman–Crippen LogP) is 3.05. The van der Waals surface area contributed by atoms with Gasteiger partial charge in [0.05, 0.1) is 12.1 Å². The highest BCUT2D eigenvalue weighted by Gasteiger charge is 2.16. The highest BCUT2D eigenvalue weighted by molar-refractivity contribution is 9.10. The third kappa shape index (κ3) is 4.59. The van der Waals surface area contributed by atoms with Crippen LogP contribution in [0.2, 0.25) is 0 Å². The maximum absolute atomic E-state index is 12.5. The number of hydrogen-bond donors (Lipinski definition) is 1. The molecule has 138 valence electrons. The van der Waals surface area contributed by atoms with Crippen molar-refractivity contribution in [3.63, 3.8) is 0 Å². The van der Waals surface area contributed by atoms with Crippen molar-refractivity contribution in [2.75, 3.05) is 18.9 Å². The molecule has 2 amide bonds. The summed E-state index contributed by atoms with van der Waals surface area (Å²) >= 11 is 3.39. The van der Waals surface area contributed by atoms with E-state index in [2.05, 4.69) is 31.3 Å². The molecule has 0 fully saturated rings. The summed E-state index contributed by atoms with van der Waals surface area (Å²) < 4.78 is 2.54. The molecule has 0 unspecified atom stereocenters. The summed E-state index contributed by atoms with van der Waals surface area (Å²) in [6.45, 7) is 1.84. The van der Waals surface area contributed by atoms with Gasteiger partial charge >= 0.3 is 0 Å². The van der Waals surface area contributed by atoms with Gasteiger partial charge in [0.2, 0.25) is 5.91 Å². The summed E-state index contributed by atoms with van der Waals surface area (Å²) in [4.78, 5) is 30.4. The Morgan fingerprint density at radius 3 is 2.70 bits per heavy atom. The Balaban J connectivity index is 1.62. The van der Waals surface area contributed by atoms with E-state index in [-0.39, 0.29) is 18.4 Å². The monoisotopic (exact) mass is 427 g/mol. The molecule has 27 heavy (non-hydrogen) atoms. The maximum Gasteiger partial charge on any atom is 0.255 e. The molecule has 0 saturated carbocycles. The molecular formula is C19H18BrN5O2. The van der Waals surface area contributed by atoms with Crippen molar-refractivity contribution in [1.82, 2.24) is 19.7 Å². The van der Waals surface area contributed by atoms with Crippen molar-refractivity contribution < 1.29 is 9.59 Å². The fraction of sp³-hybridized carbons (Fsp3) is 0.158. The van der Waals surface area contributed by atoms with Crippen LogP contribution in [0.15, 0.2) is 59.5 Å². The SMILES string of the molecule is Cc1cc(Br)ccc1NC(=O)CN(C)C(=O)c1ccc(-n2cccn2)nc1. The fourth-order valence-electron chi connectivity index (χ4n) is 2.52. The van der Waals surface area contributed by atoms with E-state index in [1.807, 2.05) is 25.1 Å². The van der Waals surface area contributed by atoms with Crippen molar-refractivity contribution in [3.05, 3.63) is 70.6 Å². The standard InChI is InChI=1S/C19H18BrN5O2/c1-13-10-15(20)5-6-16(13)23-18(26)12-24(2)19(27)14-4-7-17(21-11-14)25-9-3-8-22-25/h3-11H,12H2,1-2H3,(H,23,26). The number of amides is 2. The second-order valence-electron chi connectivity index (χ2n) is 6.02. The quantitative estimate of drug-likeness (QED) is 0.678. The fourth-order valence-corrected chi connectivity index (χ4v) is 2.99. The number of likely N-dealkylation sites (N-methyl/N-ethyl adjacent to an activating group) is 1. The van der Waals surface area contributed by atoms with Gasteiger partial charge in [0.15, 0.2) is 5.82 Å². The van der Waals surface area contributed by atoms with E-state index in [0.29, 0.717) is 17.1 Å². The molecule has 2 heterocycles. The lowest BCUT2D eigenvalue weighted by Crippen LogP contribution is -2.35. The van der Waals surface area contributed by atoms with Crippen LogP contribution >= 0.6 is 15.9 Å². The first kappa shape index (κ1) is 18.8. The van der Waals surface area contributed by atoms with Crippen LogP contribution < -0.4 is 5.32 Å². The number of halogens is 1. The van der Waals surface area contributed by atoms with Crippen molar-refractivity contribution in [2.45, 2.75) is 6.92 Å². The van der Waals surface area contributed by atoms with Gasteiger partial charge in [0, 0.05) is 35.8 Å². The largest absolute Gasteiger partial charge is 0.332 e. The second kappa shape index (κ2) is 8.13. The van der Waals surface area contributed by atoms with Crippen LogP contribution in [-0.2, 0) is 4.79 Å². The van der Waals surface area contributed by atoms with Gasteiger partial charge in [0.25, 0.3) is 5.91 Å². The highest BCUT2D eigenvalue weighted by Crippen LogP contribution is 2.20. The first-order valence-electron chi connectivity index (χ1n) is 8.21. The Kier molecular flexibility index (Phi) is 5.66. The van der Waals surface area contributed by atoms with Crippen LogP contribution in [0.4, 0.5) is 5.69 Å². The van der Waals surface area contributed by atoms with Crippen LogP contribution in [0, 0.1) is 6.92 Å². The van der Waals surface area contributed by atoms with E-state index >= 15 is 0 Å². The Hall–Kier alpha value is -3.00. The van der Waals surface area contributed by atoms with E-state index in [1.165, 1.54) is 11.1 Å². The Morgan fingerprint density at radius 1 is 1.26 bits per heavy atom. The minimum absolute atomic E-state index is 0.0603. The minimum atomic E-state index is -0.280. The van der Waals surface area contributed by atoms with Gasteiger partial charge in [-0.15, -0.1) is 0 Å². The zero-order chi connectivity index (χ0) is 19.4. The lowest BCUT2D eigenvalue weighted by atomic mass is 10.2. The van der Waals surface area contributed by atoms with Gasteiger partial charge in [-0.2, -0.15) is 5.10 Å². The number of benzene rings is 1. The zero-order valence-corrected chi connectivity index (χ0v) is 16.5. The first-order chi connectivity index (χ1) is 12.9. The first-order valence-corrected chi connectivity index (χ1v) is 9.01. The van der Waals surface area contributed by atoms with Crippen LogP contribution in [0.25, 0.3) is 5.82 Å². The highest BCUT2D eigenvalue weighted by atomic mass is 79.9. The summed E-state index contributed by atoms with van der Waals surface area (Å²) in [5.41, 5.74) is 2.06. The second-order valence-corrected chi connectivity index (χ2v) is 6.94. The Bertz CT molecular complexity index is 955. The normalized spacial score (nSPS) is 10.5. The van der Waals surface area contributed by atoms with Gasteiger partial charge < -0.3 is 10.2 Å². The summed E-state index contributed by atoms with van der Waals surface area (Å²) in [6.07, 6.45) is 4.90. The minimum Gasteiger partial charge on any atom is -0.332 e. The van der Waals surface area contributed by atoms with E-state index in [4.69, 9.17) is 0 Å². The summed E-state index contributed by atoms with van der Waals surface area (Å²) in [5.74, 6) is 0.0669. The molecule has 0 aliphatic rings. The van der Waals surface area contributed by atoms with E-state index in [9.17, 15) is 9.59 Å². The number of carbonyl (C=O) groups is 2. The molecule has 0 saturated heterocycles. The molecule has 1 N–H and O–H groups in total.